The number of hydrogen-bond donors (Lipinski definition) is 0. The molecule has 8 atom stereocenters. The van der Waals surface area contributed by atoms with Gasteiger partial charge in [0.1, 0.15) is 23.3 Å². The number of aromatic nitrogens is 2. The lowest BCUT2D eigenvalue weighted by Crippen LogP contribution is -2.34. The van der Waals surface area contributed by atoms with E-state index < -0.39 is 66.6 Å². The molecular formula is C31H38N2O14P3S-3. The first-order chi connectivity index (χ1) is 24.3. The van der Waals surface area contributed by atoms with Crippen molar-refractivity contribution in [1.29, 1.82) is 0 Å². The van der Waals surface area contributed by atoms with E-state index in [0.29, 0.717) is 28.7 Å². The summed E-state index contributed by atoms with van der Waals surface area (Å²) in [5, 5.41) is 2.83. The number of unbranched alkanes of at least 4 members (excludes halogenated alkanes) is 2. The predicted octanol–water partition coefficient (Wildman–Crippen LogP) is 4.86. The van der Waals surface area contributed by atoms with Crippen molar-refractivity contribution in [3.05, 3.63) is 70.8 Å². The van der Waals surface area contributed by atoms with Gasteiger partial charge in [-0.05, 0) is 42.2 Å². The summed E-state index contributed by atoms with van der Waals surface area (Å²) in [6.45, 7) is 0.634. The van der Waals surface area contributed by atoms with Crippen molar-refractivity contribution in [2.24, 2.45) is 0 Å². The van der Waals surface area contributed by atoms with Crippen LogP contribution in [0.15, 0.2) is 64.5 Å². The van der Waals surface area contributed by atoms with Gasteiger partial charge in [-0.2, -0.15) is 4.98 Å². The van der Waals surface area contributed by atoms with E-state index in [0.717, 1.165) is 42.9 Å². The van der Waals surface area contributed by atoms with Crippen LogP contribution in [0.25, 0.3) is 10.8 Å². The molecule has 3 fully saturated rings. The molecule has 5 unspecified atom stereocenters. The molecule has 51 heavy (non-hydrogen) atoms. The zero-order chi connectivity index (χ0) is 36.2. The molecular weight excluding hydrogens is 749 g/mol. The van der Waals surface area contributed by atoms with Crippen molar-refractivity contribution in [2.75, 3.05) is 13.2 Å². The smallest absolute Gasteiger partial charge is 0.350 e. The molecule has 280 valence electrons. The molecule has 3 aliphatic rings. The van der Waals surface area contributed by atoms with Crippen molar-refractivity contribution in [3.63, 3.8) is 0 Å². The maximum Gasteiger partial charge on any atom is 0.350 e. The summed E-state index contributed by atoms with van der Waals surface area (Å²) < 4.78 is 73.7. The van der Waals surface area contributed by atoms with Gasteiger partial charge in [0, 0.05) is 17.0 Å². The van der Waals surface area contributed by atoms with Crippen LogP contribution in [0, 0.1) is 0 Å². The second kappa shape index (κ2) is 16.7. The number of phosphoric ester groups is 2. The SMILES string of the molecule is CCCCCOP(=O)([O-])OP(=O)([O-])OP(=O)([O-])OC[C@H]1O[C@@H](n2ccc(SC3CCCCC3)nc2=O)[C@H]2OC(c3ccc4ccccc4c3)OC12. The zero-order valence-electron chi connectivity index (χ0n) is 27.6. The largest absolute Gasteiger partial charge is 0.756 e. The molecule has 16 nitrogen and oxygen atoms in total. The average Bonchev–Trinajstić information content (AvgIpc) is 3.65. The van der Waals surface area contributed by atoms with Crippen LogP contribution in [0.3, 0.4) is 0 Å². The Hall–Kier alpha value is -1.78. The molecule has 2 aromatic carbocycles. The predicted molar refractivity (Wildman–Crippen MR) is 178 cm³/mol. The quantitative estimate of drug-likeness (QED) is 0.107. The van der Waals surface area contributed by atoms with Gasteiger partial charge in [-0.25, -0.2) is 13.4 Å². The number of thioether (sulfide) groups is 1. The Balaban J connectivity index is 1.17. The lowest BCUT2D eigenvalue weighted by molar-refractivity contribution is -0.252. The second-order valence-electron chi connectivity index (χ2n) is 12.4. The van der Waals surface area contributed by atoms with Crippen molar-refractivity contribution < 1.29 is 60.3 Å². The Morgan fingerprint density at radius 1 is 0.863 bits per heavy atom. The van der Waals surface area contributed by atoms with Gasteiger partial charge in [-0.1, -0.05) is 75.4 Å². The number of hydrogen-bond acceptors (Lipinski definition) is 16. The number of nitrogens with zero attached hydrogens (tertiary/aromatic N) is 2. The van der Waals surface area contributed by atoms with Crippen LogP contribution < -0.4 is 20.4 Å². The second-order valence-corrected chi connectivity index (χ2v) is 18.2. The average molecular weight is 788 g/mol. The van der Waals surface area contributed by atoms with Crippen molar-refractivity contribution in [2.45, 2.75) is 99.4 Å². The van der Waals surface area contributed by atoms with E-state index >= 15 is 0 Å². The van der Waals surface area contributed by atoms with Gasteiger partial charge in [0.05, 0.1) is 13.2 Å². The molecule has 20 heteroatoms. The topological polar surface area (TPSA) is 220 Å². The number of rotatable bonds is 16. The highest BCUT2D eigenvalue weighted by Gasteiger charge is 2.54. The summed E-state index contributed by atoms with van der Waals surface area (Å²) in [4.78, 5) is 54.3. The summed E-state index contributed by atoms with van der Waals surface area (Å²) >= 11 is 1.55. The standard InChI is InChI=1S/C31H41N2O14P3S/c1-2-3-9-18-41-48(35,36)46-50(39,40)47-49(37,38)42-20-25-27-28(45-30(44-27)23-15-14-21-10-7-8-11-22(21)19-23)29(43-25)33-17-16-26(32-31(33)34)51-24-12-5-4-6-13-24/h7-8,10-11,14-17,19,24-25,27-30H,2-6,9,12-13,18,20H2,1H3,(H,35,36)(H,37,38)(H,39,40)/p-3/t25-,27?,28+,29-,30?/m1/s1. The molecule has 2 saturated heterocycles. The maximum atomic E-state index is 13.3. The number of phosphoric acid groups is 3. The highest BCUT2D eigenvalue weighted by atomic mass is 32.2. The van der Waals surface area contributed by atoms with E-state index in [1.807, 2.05) is 49.4 Å². The minimum Gasteiger partial charge on any atom is -0.756 e. The van der Waals surface area contributed by atoms with E-state index in [1.165, 1.54) is 17.2 Å². The molecule has 1 saturated carbocycles. The third kappa shape index (κ3) is 10.3. The summed E-state index contributed by atoms with van der Waals surface area (Å²) in [6.07, 6.45) is 3.39. The Bertz CT molecular complexity index is 1880. The van der Waals surface area contributed by atoms with Crippen LogP contribution in [-0.4, -0.2) is 46.3 Å². The van der Waals surface area contributed by atoms with Gasteiger partial charge >= 0.3 is 5.69 Å². The Morgan fingerprint density at radius 2 is 1.57 bits per heavy atom. The molecule has 1 aromatic heterocycles. The maximum absolute atomic E-state index is 13.3. The van der Waals surface area contributed by atoms with E-state index in [2.05, 4.69) is 18.1 Å². The van der Waals surface area contributed by atoms with Gasteiger partial charge in [-0.15, -0.1) is 11.8 Å². The van der Waals surface area contributed by atoms with Crippen LogP contribution in [-0.2, 0) is 45.6 Å². The molecule has 1 aliphatic carbocycles. The van der Waals surface area contributed by atoms with Crippen LogP contribution in [0.1, 0.15) is 76.4 Å². The Kier molecular flexibility index (Phi) is 12.8. The van der Waals surface area contributed by atoms with E-state index in [4.69, 9.17) is 18.7 Å². The third-order valence-corrected chi connectivity index (χ3v) is 14.0. The Labute approximate surface area is 298 Å². The monoisotopic (exact) mass is 787 g/mol. The normalized spacial score (nSPS) is 27.5. The van der Waals surface area contributed by atoms with Crippen LogP contribution in [0.2, 0.25) is 0 Å². The fourth-order valence-electron chi connectivity index (χ4n) is 6.21. The van der Waals surface area contributed by atoms with Gasteiger partial charge < -0.3 is 37.9 Å². The Morgan fingerprint density at radius 3 is 2.29 bits per heavy atom. The molecule has 0 bridgehead atoms. The van der Waals surface area contributed by atoms with Gasteiger partial charge in [0.15, 0.2) is 12.5 Å². The first kappa shape index (κ1) is 38.9. The van der Waals surface area contributed by atoms with E-state index in [1.54, 1.807) is 17.8 Å². The first-order valence-electron chi connectivity index (χ1n) is 16.7. The van der Waals surface area contributed by atoms with Gasteiger partial charge in [-0.3, -0.25) is 18.3 Å². The lowest BCUT2D eigenvalue weighted by atomic mass is 10.0. The minimum absolute atomic E-state index is 0.295. The van der Waals surface area contributed by atoms with Crippen LogP contribution >= 0.6 is 35.2 Å². The fraction of sp³-hybridized carbons (Fsp3) is 0.548. The van der Waals surface area contributed by atoms with Crippen LogP contribution in [0.4, 0.5) is 0 Å². The highest BCUT2D eigenvalue weighted by molar-refractivity contribution is 7.99. The van der Waals surface area contributed by atoms with E-state index in [-0.39, 0.29) is 6.61 Å². The van der Waals surface area contributed by atoms with Crippen molar-refractivity contribution >= 4 is 46.0 Å². The van der Waals surface area contributed by atoms with Crippen molar-refractivity contribution in [3.8, 4) is 0 Å². The van der Waals surface area contributed by atoms with E-state index in [9.17, 15) is 33.2 Å². The summed E-state index contributed by atoms with van der Waals surface area (Å²) in [7, 11) is -17.3. The third-order valence-electron chi connectivity index (χ3n) is 8.61. The lowest BCUT2D eigenvalue weighted by Gasteiger charge is -2.34. The zero-order valence-corrected chi connectivity index (χ0v) is 31.1. The minimum atomic E-state index is -6.03. The molecule has 0 radical (unpaired) electrons. The molecule has 2 aliphatic heterocycles. The van der Waals surface area contributed by atoms with Crippen molar-refractivity contribution in [1.82, 2.24) is 9.55 Å². The van der Waals surface area contributed by atoms with Gasteiger partial charge in [0.25, 0.3) is 23.5 Å². The molecule has 0 N–H and O–H groups in total. The molecule has 3 heterocycles. The molecule has 0 spiro atoms. The summed E-state index contributed by atoms with van der Waals surface area (Å²) in [5.41, 5.74) is 0.0209. The molecule has 6 rings (SSSR count). The number of fused-ring (bicyclic) bond motifs is 2. The number of ether oxygens (including phenoxy) is 3. The summed E-state index contributed by atoms with van der Waals surface area (Å²) in [6, 6.07) is 14.9. The van der Waals surface area contributed by atoms with Gasteiger partial charge in [0.2, 0.25) is 0 Å². The first-order valence-corrected chi connectivity index (χ1v) is 21.9. The molecule has 3 aromatic rings. The highest BCUT2D eigenvalue weighted by Crippen LogP contribution is 2.63. The van der Waals surface area contributed by atoms with Crippen LogP contribution in [0.5, 0.6) is 0 Å². The number of benzene rings is 2. The molecule has 0 amide bonds. The summed E-state index contributed by atoms with van der Waals surface area (Å²) in [5.74, 6) is 0. The fourth-order valence-corrected chi connectivity index (χ4v) is 10.8.